The van der Waals surface area contributed by atoms with Crippen molar-refractivity contribution < 1.29 is 0 Å². The molecule has 1 heterocycles. The Morgan fingerprint density at radius 2 is 1.67 bits per heavy atom. The lowest BCUT2D eigenvalue weighted by Gasteiger charge is -2.46. The molecule has 0 aromatic heterocycles. The number of hydrogen-bond acceptors (Lipinski definition) is 1. The number of likely N-dealkylation sites (tertiary alicyclic amines) is 1. The van der Waals surface area contributed by atoms with Crippen molar-refractivity contribution in [1.82, 2.24) is 4.90 Å². The summed E-state index contributed by atoms with van der Waals surface area (Å²) in [7, 11) is 0. The Morgan fingerprint density at radius 3 is 2.28 bits per heavy atom. The molecule has 2 unspecified atom stereocenters. The van der Waals surface area contributed by atoms with E-state index in [1.54, 1.807) is 0 Å². The molecule has 1 saturated carbocycles. The van der Waals surface area contributed by atoms with Crippen molar-refractivity contribution in [1.29, 1.82) is 0 Å². The van der Waals surface area contributed by atoms with Crippen LogP contribution in [0.1, 0.15) is 73.1 Å². The average molecular weight is 251 g/mol. The molecular formula is C17H33N. The predicted molar refractivity (Wildman–Crippen MR) is 79.8 cm³/mol. The van der Waals surface area contributed by atoms with E-state index in [0.29, 0.717) is 10.8 Å². The van der Waals surface area contributed by atoms with Crippen LogP contribution in [0.2, 0.25) is 0 Å². The van der Waals surface area contributed by atoms with Gasteiger partial charge in [0, 0.05) is 12.6 Å². The number of hydrogen-bond donors (Lipinski definition) is 0. The van der Waals surface area contributed by atoms with Gasteiger partial charge in [-0.1, -0.05) is 34.1 Å². The first-order valence-electron chi connectivity index (χ1n) is 8.03. The van der Waals surface area contributed by atoms with Gasteiger partial charge >= 0.3 is 0 Å². The first-order chi connectivity index (χ1) is 8.29. The van der Waals surface area contributed by atoms with E-state index >= 15 is 0 Å². The molecule has 1 nitrogen and oxygen atoms in total. The van der Waals surface area contributed by atoms with Gasteiger partial charge in [0.15, 0.2) is 0 Å². The van der Waals surface area contributed by atoms with Crippen LogP contribution in [0, 0.1) is 16.7 Å². The Bertz CT molecular complexity index is 251. The quantitative estimate of drug-likeness (QED) is 0.687. The third kappa shape index (κ3) is 3.50. The largest absolute Gasteiger partial charge is 0.300 e. The van der Waals surface area contributed by atoms with Gasteiger partial charge in [0.2, 0.25) is 0 Å². The lowest BCUT2D eigenvalue weighted by molar-refractivity contribution is 0.0319. The first kappa shape index (κ1) is 14.4. The summed E-state index contributed by atoms with van der Waals surface area (Å²) in [6.07, 6.45) is 8.58. The molecule has 106 valence electrons. The van der Waals surface area contributed by atoms with Crippen LogP contribution < -0.4 is 0 Å². The summed E-state index contributed by atoms with van der Waals surface area (Å²) in [6, 6.07) is 0.796. The van der Waals surface area contributed by atoms with Gasteiger partial charge in [-0.2, -0.15) is 0 Å². The molecule has 0 N–H and O–H groups in total. The van der Waals surface area contributed by atoms with Gasteiger partial charge in [0.05, 0.1) is 0 Å². The summed E-state index contributed by atoms with van der Waals surface area (Å²) in [5.74, 6) is 0.933. The second kappa shape index (κ2) is 5.15. The zero-order valence-electron chi connectivity index (χ0n) is 13.3. The van der Waals surface area contributed by atoms with Crippen molar-refractivity contribution >= 4 is 0 Å². The molecule has 2 fully saturated rings. The Hall–Kier alpha value is -0.0400. The minimum atomic E-state index is 0.538. The molecule has 1 saturated heterocycles. The van der Waals surface area contributed by atoms with Crippen molar-refractivity contribution in [3.63, 3.8) is 0 Å². The maximum atomic E-state index is 2.79. The van der Waals surface area contributed by atoms with Crippen LogP contribution in [0.25, 0.3) is 0 Å². The maximum Gasteiger partial charge on any atom is 0.00956 e. The van der Waals surface area contributed by atoms with Gasteiger partial charge in [0.25, 0.3) is 0 Å². The summed E-state index contributed by atoms with van der Waals surface area (Å²) < 4.78 is 0. The first-order valence-corrected chi connectivity index (χ1v) is 8.03. The predicted octanol–water partition coefficient (Wildman–Crippen LogP) is 4.71. The van der Waals surface area contributed by atoms with Crippen LogP contribution in [-0.4, -0.2) is 24.0 Å². The van der Waals surface area contributed by atoms with Crippen LogP contribution >= 0.6 is 0 Å². The number of rotatable bonds is 2. The van der Waals surface area contributed by atoms with E-state index in [1.807, 2.05) is 0 Å². The Morgan fingerprint density at radius 1 is 1.00 bits per heavy atom. The summed E-state index contributed by atoms with van der Waals surface area (Å²) in [6.45, 7) is 14.9. The molecule has 2 aliphatic rings. The van der Waals surface area contributed by atoms with E-state index in [9.17, 15) is 0 Å². The van der Waals surface area contributed by atoms with Crippen LogP contribution in [-0.2, 0) is 0 Å². The molecule has 0 aromatic rings. The fourth-order valence-corrected chi connectivity index (χ4v) is 4.28. The highest BCUT2D eigenvalue weighted by molar-refractivity contribution is 4.89. The molecule has 1 aliphatic heterocycles. The molecule has 0 bridgehead atoms. The molecular weight excluding hydrogens is 218 g/mol. The standard InChI is InChI=1S/C17H33N/c1-14(15-8-6-9-16(2,3)12-15)18-11-7-10-17(4,5)13-18/h14-15H,6-13H2,1-5H3. The van der Waals surface area contributed by atoms with Gasteiger partial charge in [0.1, 0.15) is 0 Å². The molecule has 1 heteroatoms. The lowest BCUT2D eigenvalue weighted by Crippen LogP contribution is -2.48. The Balaban J connectivity index is 1.96. The highest BCUT2D eigenvalue weighted by Gasteiger charge is 2.36. The molecule has 0 radical (unpaired) electrons. The molecule has 18 heavy (non-hydrogen) atoms. The van der Waals surface area contributed by atoms with E-state index in [1.165, 1.54) is 51.6 Å². The molecule has 0 amide bonds. The van der Waals surface area contributed by atoms with Gasteiger partial charge in [-0.05, 0) is 62.3 Å². The highest BCUT2D eigenvalue weighted by atomic mass is 15.2. The zero-order chi connectivity index (χ0) is 13.4. The van der Waals surface area contributed by atoms with E-state index in [0.717, 1.165) is 12.0 Å². The molecule has 0 spiro atoms. The fraction of sp³-hybridized carbons (Fsp3) is 1.00. The monoisotopic (exact) mass is 251 g/mol. The van der Waals surface area contributed by atoms with E-state index in [-0.39, 0.29) is 0 Å². The lowest BCUT2D eigenvalue weighted by atomic mass is 9.69. The molecule has 0 aromatic carbocycles. The van der Waals surface area contributed by atoms with Gasteiger partial charge < -0.3 is 0 Å². The van der Waals surface area contributed by atoms with E-state index in [2.05, 4.69) is 39.5 Å². The average Bonchev–Trinajstić information content (AvgIpc) is 2.25. The van der Waals surface area contributed by atoms with Gasteiger partial charge in [-0.25, -0.2) is 0 Å². The Kier molecular flexibility index (Phi) is 4.11. The van der Waals surface area contributed by atoms with Crippen molar-refractivity contribution in [2.75, 3.05) is 13.1 Å². The third-order valence-electron chi connectivity index (χ3n) is 5.43. The smallest absolute Gasteiger partial charge is 0.00956 e. The summed E-state index contributed by atoms with van der Waals surface area (Å²) in [4.78, 5) is 2.79. The Labute approximate surface area is 114 Å². The minimum Gasteiger partial charge on any atom is -0.300 e. The third-order valence-corrected chi connectivity index (χ3v) is 5.43. The second-order valence-corrected chi connectivity index (χ2v) is 8.50. The van der Waals surface area contributed by atoms with E-state index < -0.39 is 0 Å². The van der Waals surface area contributed by atoms with Crippen molar-refractivity contribution in [3.8, 4) is 0 Å². The van der Waals surface area contributed by atoms with Crippen LogP contribution in [0.15, 0.2) is 0 Å². The minimum absolute atomic E-state index is 0.538. The maximum absolute atomic E-state index is 2.79. The SMILES string of the molecule is CC(C1CCCC(C)(C)C1)N1CCCC(C)(C)C1. The topological polar surface area (TPSA) is 3.24 Å². The summed E-state index contributed by atoms with van der Waals surface area (Å²) in [5.41, 5.74) is 1.12. The van der Waals surface area contributed by atoms with Crippen molar-refractivity contribution in [2.45, 2.75) is 79.2 Å². The van der Waals surface area contributed by atoms with Crippen molar-refractivity contribution in [2.24, 2.45) is 16.7 Å². The molecule has 1 aliphatic carbocycles. The van der Waals surface area contributed by atoms with Gasteiger partial charge in [-0.15, -0.1) is 0 Å². The van der Waals surface area contributed by atoms with E-state index in [4.69, 9.17) is 0 Å². The van der Waals surface area contributed by atoms with Crippen LogP contribution in [0.4, 0.5) is 0 Å². The van der Waals surface area contributed by atoms with Crippen molar-refractivity contribution in [3.05, 3.63) is 0 Å². The summed E-state index contributed by atoms with van der Waals surface area (Å²) in [5, 5.41) is 0. The summed E-state index contributed by atoms with van der Waals surface area (Å²) >= 11 is 0. The normalized spacial score (nSPS) is 34.2. The molecule has 2 atom stereocenters. The highest BCUT2D eigenvalue weighted by Crippen LogP contribution is 2.42. The molecule has 2 rings (SSSR count). The van der Waals surface area contributed by atoms with Crippen LogP contribution in [0.5, 0.6) is 0 Å². The zero-order valence-corrected chi connectivity index (χ0v) is 13.3. The van der Waals surface area contributed by atoms with Gasteiger partial charge in [-0.3, -0.25) is 4.90 Å². The number of nitrogens with zero attached hydrogens (tertiary/aromatic N) is 1. The fourth-order valence-electron chi connectivity index (χ4n) is 4.28. The second-order valence-electron chi connectivity index (χ2n) is 8.50. The van der Waals surface area contributed by atoms with Crippen LogP contribution in [0.3, 0.4) is 0 Å². The number of piperidine rings is 1.